The summed E-state index contributed by atoms with van der Waals surface area (Å²) < 4.78 is 12.0. The van der Waals surface area contributed by atoms with Gasteiger partial charge in [0.1, 0.15) is 11.5 Å². The summed E-state index contributed by atoms with van der Waals surface area (Å²) in [5, 5.41) is 9.00. The Bertz CT molecular complexity index is 843. The summed E-state index contributed by atoms with van der Waals surface area (Å²) in [5.41, 5.74) is 2.69. The van der Waals surface area contributed by atoms with E-state index in [9.17, 15) is 4.79 Å². The first-order valence-electron chi connectivity index (χ1n) is 11.0. The van der Waals surface area contributed by atoms with Gasteiger partial charge in [0.25, 0.3) is 0 Å². The van der Waals surface area contributed by atoms with E-state index in [1.807, 2.05) is 11.0 Å². The van der Waals surface area contributed by atoms with Crippen LogP contribution in [0, 0.1) is 0 Å². The largest absolute Gasteiger partial charge is 0.493 e. The van der Waals surface area contributed by atoms with Crippen LogP contribution in [-0.4, -0.2) is 48.8 Å². The molecular weight excluding hydrogens is 378 g/mol. The summed E-state index contributed by atoms with van der Waals surface area (Å²) in [6.07, 6.45) is 6.39. The van der Waals surface area contributed by atoms with Crippen molar-refractivity contribution in [2.24, 2.45) is 0 Å². The van der Waals surface area contributed by atoms with Gasteiger partial charge in [-0.25, -0.2) is 0 Å². The van der Waals surface area contributed by atoms with Crippen molar-refractivity contribution >= 4 is 5.97 Å². The van der Waals surface area contributed by atoms with Gasteiger partial charge in [0.2, 0.25) is 0 Å². The zero-order valence-corrected chi connectivity index (χ0v) is 17.5. The van der Waals surface area contributed by atoms with E-state index < -0.39 is 5.97 Å². The number of likely N-dealkylation sites (tertiary alicyclic amines) is 1. The van der Waals surface area contributed by atoms with Crippen molar-refractivity contribution in [2.75, 3.05) is 32.8 Å². The molecule has 0 radical (unpaired) electrons. The molecule has 2 aliphatic heterocycles. The maximum Gasteiger partial charge on any atom is 0.317 e. The van der Waals surface area contributed by atoms with Crippen LogP contribution >= 0.6 is 0 Å². The predicted molar refractivity (Wildman–Crippen MR) is 116 cm³/mol. The first kappa shape index (κ1) is 20.7. The lowest BCUT2D eigenvalue weighted by molar-refractivity contribution is -0.138. The topological polar surface area (TPSA) is 59.0 Å². The zero-order valence-electron chi connectivity index (χ0n) is 17.5. The summed E-state index contributed by atoms with van der Waals surface area (Å²) in [4.78, 5) is 13.0. The van der Waals surface area contributed by atoms with Gasteiger partial charge in [0, 0.05) is 17.0 Å². The molecule has 1 fully saturated rings. The number of ether oxygens (including phenoxy) is 2. The van der Waals surface area contributed by atoms with Gasteiger partial charge in [0.15, 0.2) is 0 Å². The minimum atomic E-state index is -0.754. The quantitative estimate of drug-likeness (QED) is 0.626. The third kappa shape index (κ3) is 4.96. The van der Waals surface area contributed by atoms with E-state index in [-0.39, 0.29) is 12.0 Å². The molecule has 5 nitrogen and oxygen atoms in total. The molecule has 0 saturated carbocycles. The van der Waals surface area contributed by atoms with Crippen LogP contribution in [0.4, 0.5) is 0 Å². The van der Waals surface area contributed by atoms with Crippen molar-refractivity contribution in [3.8, 4) is 11.5 Å². The Balaban J connectivity index is 1.23. The number of piperidine rings is 1. The molecule has 1 spiro atoms. The van der Waals surface area contributed by atoms with Crippen LogP contribution in [0.25, 0.3) is 0 Å². The SMILES string of the molecule is O=C(O)CN1CCC2(CC1)COc1cc(OCCCCCc3ccccc3)ccc12. The number of nitrogens with zero attached hydrogens (tertiary/aromatic N) is 1. The lowest BCUT2D eigenvalue weighted by Gasteiger charge is -2.37. The molecule has 2 heterocycles. The molecular formula is C25H31NO4. The van der Waals surface area contributed by atoms with Crippen molar-refractivity contribution in [1.82, 2.24) is 4.90 Å². The molecule has 1 saturated heterocycles. The summed E-state index contributed by atoms with van der Waals surface area (Å²) in [7, 11) is 0. The second-order valence-corrected chi connectivity index (χ2v) is 8.54. The van der Waals surface area contributed by atoms with Crippen LogP contribution in [0.2, 0.25) is 0 Å². The van der Waals surface area contributed by atoms with Gasteiger partial charge in [-0.3, -0.25) is 9.69 Å². The second-order valence-electron chi connectivity index (χ2n) is 8.54. The molecule has 0 aliphatic carbocycles. The van der Waals surface area contributed by atoms with Gasteiger partial charge in [0.05, 0.1) is 19.8 Å². The minimum absolute atomic E-state index is 0.0281. The van der Waals surface area contributed by atoms with Gasteiger partial charge in [-0.05, 0) is 63.2 Å². The number of aryl methyl sites for hydroxylation is 1. The molecule has 0 atom stereocenters. The van der Waals surface area contributed by atoms with Crippen LogP contribution in [-0.2, 0) is 16.6 Å². The van der Waals surface area contributed by atoms with Crippen molar-refractivity contribution in [1.29, 1.82) is 0 Å². The first-order chi connectivity index (χ1) is 14.6. The summed E-state index contributed by atoms with van der Waals surface area (Å²) in [5.74, 6) is 1.05. The number of hydrogen-bond donors (Lipinski definition) is 1. The molecule has 4 rings (SSSR count). The molecule has 1 N–H and O–H groups in total. The number of carboxylic acids is 1. The number of aliphatic carboxylic acids is 1. The lowest BCUT2D eigenvalue weighted by atomic mass is 9.74. The zero-order chi connectivity index (χ0) is 20.8. The van der Waals surface area contributed by atoms with E-state index in [1.54, 1.807) is 0 Å². The minimum Gasteiger partial charge on any atom is -0.493 e. The fraction of sp³-hybridized carbons (Fsp3) is 0.480. The number of rotatable bonds is 9. The van der Waals surface area contributed by atoms with Gasteiger partial charge < -0.3 is 14.6 Å². The molecule has 30 heavy (non-hydrogen) atoms. The van der Waals surface area contributed by atoms with E-state index >= 15 is 0 Å². The van der Waals surface area contributed by atoms with Crippen LogP contribution < -0.4 is 9.47 Å². The maximum absolute atomic E-state index is 10.9. The summed E-state index contributed by atoms with van der Waals surface area (Å²) in [6, 6.07) is 16.9. The average Bonchev–Trinajstić information content (AvgIpc) is 3.10. The fourth-order valence-electron chi connectivity index (χ4n) is 4.63. The third-order valence-corrected chi connectivity index (χ3v) is 6.42. The van der Waals surface area contributed by atoms with Crippen LogP contribution in [0.1, 0.15) is 43.2 Å². The monoisotopic (exact) mass is 409 g/mol. The van der Waals surface area contributed by atoms with Gasteiger partial charge >= 0.3 is 5.97 Å². The first-order valence-corrected chi connectivity index (χ1v) is 11.0. The van der Waals surface area contributed by atoms with E-state index in [0.717, 1.165) is 63.3 Å². The van der Waals surface area contributed by atoms with Gasteiger partial charge in [-0.15, -0.1) is 0 Å². The molecule has 2 aliphatic rings. The highest BCUT2D eigenvalue weighted by Crippen LogP contribution is 2.46. The second kappa shape index (κ2) is 9.52. The highest BCUT2D eigenvalue weighted by atomic mass is 16.5. The highest BCUT2D eigenvalue weighted by Gasteiger charge is 2.43. The molecule has 160 valence electrons. The van der Waals surface area contributed by atoms with E-state index in [2.05, 4.69) is 42.5 Å². The molecule has 0 unspecified atom stereocenters. The van der Waals surface area contributed by atoms with Crippen molar-refractivity contribution in [3.05, 3.63) is 59.7 Å². The number of fused-ring (bicyclic) bond motifs is 2. The molecule has 0 aromatic heterocycles. The molecule has 5 heteroatoms. The average molecular weight is 410 g/mol. The van der Waals surface area contributed by atoms with E-state index in [0.29, 0.717) is 6.61 Å². The van der Waals surface area contributed by atoms with E-state index in [1.165, 1.54) is 17.5 Å². The van der Waals surface area contributed by atoms with Crippen molar-refractivity contribution < 1.29 is 19.4 Å². The van der Waals surface area contributed by atoms with E-state index in [4.69, 9.17) is 14.6 Å². The van der Waals surface area contributed by atoms with Gasteiger partial charge in [-0.1, -0.05) is 36.4 Å². The number of benzene rings is 2. The fourth-order valence-corrected chi connectivity index (χ4v) is 4.63. The highest BCUT2D eigenvalue weighted by molar-refractivity contribution is 5.69. The Kier molecular flexibility index (Phi) is 6.58. The number of carboxylic acid groups (broad SMARTS) is 1. The van der Waals surface area contributed by atoms with Crippen LogP contribution in [0.5, 0.6) is 11.5 Å². The number of unbranched alkanes of at least 4 members (excludes halogenated alkanes) is 2. The van der Waals surface area contributed by atoms with Crippen LogP contribution in [0.3, 0.4) is 0 Å². The molecule has 0 bridgehead atoms. The standard InChI is InChI=1S/C25H31NO4/c27-24(28)18-26-14-12-25(13-15-26)19-30-23-17-21(10-11-22(23)25)29-16-6-2-5-9-20-7-3-1-4-8-20/h1,3-4,7-8,10-11,17H,2,5-6,9,12-16,18-19H2,(H,27,28). The summed E-state index contributed by atoms with van der Waals surface area (Å²) >= 11 is 0. The maximum atomic E-state index is 10.9. The third-order valence-electron chi connectivity index (χ3n) is 6.42. The number of hydrogen-bond acceptors (Lipinski definition) is 4. The van der Waals surface area contributed by atoms with Gasteiger partial charge in [-0.2, -0.15) is 0 Å². The summed E-state index contributed by atoms with van der Waals surface area (Å²) in [6.45, 7) is 3.14. The Labute approximate surface area is 178 Å². The normalized spacial score (nSPS) is 17.5. The smallest absolute Gasteiger partial charge is 0.317 e. The number of carbonyl (C=O) groups is 1. The predicted octanol–water partition coefficient (Wildman–Crippen LogP) is 4.29. The molecule has 0 amide bonds. The Morgan fingerprint density at radius 1 is 1.07 bits per heavy atom. The Hall–Kier alpha value is -2.53. The Morgan fingerprint density at radius 2 is 1.87 bits per heavy atom. The molecule has 2 aromatic rings. The van der Waals surface area contributed by atoms with Crippen molar-refractivity contribution in [3.63, 3.8) is 0 Å². The van der Waals surface area contributed by atoms with Crippen LogP contribution in [0.15, 0.2) is 48.5 Å². The Morgan fingerprint density at radius 3 is 2.63 bits per heavy atom. The lowest BCUT2D eigenvalue weighted by Crippen LogP contribution is -2.45. The molecule has 2 aromatic carbocycles. The van der Waals surface area contributed by atoms with Crippen molar-refractivity contribution in [2.45, 2.75) is 43.9 Å².